The smallest absolute Gasteiger partial charge is 0.278 e. The molecule has 0 aromatic carbocycles. The van der Waals surface area contributed by atoms with Crippen molar-refractivity contribution in [2.45, 2.75) is 70.9 Å². The lowest BCUT2D eigenvalue weighted by molar-refractivity contribution is -0.0230. The zero-order chi connectivity index (χ0) is 25.3. The molecule has 0 radical (unpaired) electrons. The van der Waals surface area contributed by atoms with Crippen molar-refractivity contribution >= 4 is 22.8 Å². The van der Waals surface area contributed by atoms with E-state index in [0.29, 0.717) is 16.7 Å². The van der Waals surface area contributed by atoms with Crippen molar-refractivity contribution in [3.8, 4) is 5.19 Å². The van der Waals surface area contributed by atoms with Gasteiger partial charge in [0.1, 0.15) is 0 Å². The Hall–Kier alpha value is -2.59. The fraction of sp³-hybridized carbons (Fsp3) is 0.577. The number of aryl methyl sites for hydroxylation is 1. The van der Waals surface area contributed by atoms with E-state index in [2.05, 4.69) is 20.3 Å². The zero-order valence-corrected chi connectivity index (χ0v) is 21.6. The predicted molar refractivity (Wildman–Crippen MR) is 135 cm³/mol. The van der Waals surface area contributed by atoms with Gasteiger partial charge in [0.25, 0.3) is 17.0 Å². The first-order chi connectivity index (χ1) is 17.2. The van der Waals surface area contributed by atoms with Crippen molar-refractivity contribution in [3.05, 3.63) is 46.2 Å². The van der Waals surface area contributed by atoms with Crippen molar-refractivity contribution in [2.75, 3.05) is 19.7 Å². The average molecular weight is 518 g/mol. The van der Waals surface area contributed by atoms with Gasteiger partial charge in [0.2, 0.25) is 0 Å². The molecule has 1 N–H and O–H groups in total. The SMILES string of the molecule is Cc1cc2c(C(=O)N[C@H]3CC[C@H](CCN4CCc5sc(OCC(C)(F)F)nc5C4)CC3)cccn2n1. The molecule has 36 heavy (non-hydrogen) atoms. The zero-order valence-electron chi connectivity index (χ0n) is 20.8. The van der Waals surface area contributed by atoms with E-state index in [0.717, 1.165) is 86.9 Å². The van der Waals surface area contributed by atoms with E-state index >= 15 is 0 Å². The second-order valence-corrected chi connectivity index (χ2v) is 11.3. The lowest BCUT2D eigenvalue weighted by atomic mass is 9.84. The van der Waals surface area contributed by atoms with Crippen LogP contribution in [0.5, 0.6) is 5.19 Å². The van der Waals surface area contributed by atoms with E-state index in [1.807, 2.05) is 31.3 Å². The lowest BCUT2D eigenvalue weighted by Crippen LogP contribution is -2.38. The predicted octanol–water partition coefficient (Wildman–Crippen LogP) is 4.87. The Morgan fingerprint density at radius 3 is 2.89 bits per heavy atom. The molecule has 1 aliphatic carbocycles. The molecule has 5 rings (SSSR count). The lowest BCUT2D eigenvalue weighted by Gasteiger charge is -2.32. The highest BCUT2D eigenvalue weighted by atomic mass is 32.1. The maximum atomic E-state index is 13.1. The summed E-state index contributed by atoms with van der Waals surface area (Å²) in [6.45, 7) is 4.87. The molecule has 3 aromatic rings. The van der Waals surface area contributed by atoms with E-state index in [-0.39, 0.29) is 11.9 Å². The molecule has 4 heterocycles. The summed E-state index contributed by atoms with van der Waals surface area (Å²) >= 11 is 1.40. The molecule has 2 aliphatic rings. The molecule has 1 amide bonds. The number of hydrogen-bond acceptors (Lipinski definition) is 6. The molecule has 0 spiro atoms. The van der Waals surface area contributed by atoms with Gasteiger partial charge in [-0.1, -0.05) is 11.3 Å². The first-order valence-electron chi connectivity index (χ1n) is 12.7. The number of aromatic nitrogens is 3. The van der Waals surface area contributed by atoms with Gasteiger partial charge in [-0.3, -0.25) is 9.69 Å². The maximum absolute atomic E-state index is 13.1. The van der Waals surface area contributed by atoms with Crippen molar-refractivity contribution < 1.29 is 18.3 Å². The number of nitrogens with one attached hydrogen (secondary N) is 1. The van der Waals surface area contributed by atoms with E-state index in [4.69, 9.17) is 4.74 Å². The monoisotopic (exact) mass is 517 g/mol. The molecule has 194 valence electrons. The van der Waals surface area contributed by atoms with E-state index < -0.39 is 12.5 Å². The van der Waals surface area contributed by atoms with Crippen LogP contribution >= 0.6 is 11.3 Å². The molecule has 1 fully saturated rings. The minimum Gasteiger partial charge on any atom is -0.464 e. The summed E-state index contributed by atoms with van der Waals surface area (Å²) in [4.78, 5) is 20.9. The molecule has 3 aromatic heterocycles. The van der Waals surface area contributed by atoms with E-state index in [9.17, 15) is 13.6 Å². The van der Waals surface area contributed by atoms with Crippen LogP contribution in [0, 0.1) is 12.8 Å². The molecule has 0 saturated heterocycles. The molecule has 0 unspecified atom stereocenters. The summed E-state index contributed by atoms with van der Waals surface area (Å²) in [6.07, 6.45) is 8.09. The number of fused-ring (bicyclic) bond motifs is 2. The van der Waals surface area contributed by atoms with Crippen LogP contribution in [0.4, 0.5) is 8.78 Å². The van der Waals surface area contributed by atoms with Gasteiger partial charge >= 0.3 is 0 Å². The maximum Gasteiger partial charge on any atom is 0.278 e. The Kier molecular flexibility index (Phi) is 7.25. The van der Waals surface area contributed by atoms with Gasteiger partial charge in [0, 0.05) is 37.1 Å². The summed E-state index contributed by atoms with van der Waals surface area (Å²) < 4.78 is 33.1. The normalized spacial score (nSPS) is 20.9. The van der Waals surface area contributed by atoms with Crippen molar-refractivity contribution in [3.63, 3.8) is 0 Å². The van der Waals surface area contributed by atoms with Gasteiger partial charge in [-0.15, -0.1) is 0 Å². The highest BCUT2D eigenvalue weighted by Crippen LogP contribution is 2.32. The number of rotatable bonds is 8. The number of ether oxygens (including phenoxy) is 1. The molecule has 0 bridgehead atoms. The molecule has 0 atom stereocenters. The topological polar surface area (TPSA) is 71.8 Å². The molecule has 7 nitrogen and oxygen atoms in total. The minimum absolute atomic E-state index is 0.0256. The van der Waals surface area contributed by atoms with Gasteiger partial charge in [-0.25, -0.2) is 18.3 Å². The number of carbonyl (C=O) groups excluding carboxylic acids is 1. The fourth-order valence-electron chi connectivity index (χ4n) is 5.22. The number of carbonyl (C=O) groups is 1. The van der Waals surface area contributed by atoms with Gasteiger partial charge < -0.3 is 10.1 Å². The van der Waals surface area contributed by atoms with E-state index in [1.54, 1.807) is 4.52 Å². The highest BCUT2D eigenvalue weighted by molar-refractivity contribution is 7.13. The number of nitrogens with zero attached hydrogens (tertiary/aromatic N) is 4. The number of hydrogen-bond donors (Lipinski definition) is 1. The Morgan fingerprint density at radius 1 is 1.31 bits per heavy atom. The standard InChI is InChI=1S/C26H33F2N5O2S/c1-17-14-22-20(4-3-11-33(22)31-17)24(34)29-19-7-5-18(6-8-19)9-12-32-13-10-23-21(15-32)30-25(36-23)35-16-26(2,27)28/h3-4,11,14,18-19H,5-10,12-13,15-16H2,1-2H3,(H,29,34)/t18-,19-. The summed E-state index contributed by atoms with van der Waals surface area (Å²) in [7, 11) is 0. The number of pyridine rings is 1. The first-order valence-corrected chi connectivity index (χ1v) is 13.5. The van der Waals surface area contributed by atoms with Crippen LogP contribution in [0.15, 0.2) is 24.4 Å². The summed E-state index contributed by atoms with van der Waals surface area (Å²) in [6, 6.07) is 5.87. The average Bonchev–Trinajstić information content (AvgIpc) is 3.43. The van der Waals surface area contributed by atoms with Crippen LogP contribution in [0.2, 0.25) is 0 Å². The second kappa shape index (κ2) is 10.4. The van der Waals surface area contributed by atoms with Gasteiger partial charge in [0.05, 0.1) is 22.5 Å². The van der Waals surface area contributed by atoms with E-state index in [1.165, 1.54) is 11.3 Å². The Bertz CT molecular complexity index is 1210. The second-order valence-electron chi connectivity index (χ2n) is 10.3. The van der Waals surface area contributed by atoms with Crippen molar-refractivity contribution in [2.24, 2.45) is 5.92 Å². The summed E-state index contributed by atoms with van der Waals surface area (Å²) in [5, 5.41) is 7.99. The summed E-state index contributed by atoms with van der Waals surface area (Å²) in [5.74, 6) is -2.23. The van der Waals surface area contributed by atoms with Crippen LogP contribution in [-0.2, 0) is 13.0 Å². The molecular formula is C26H33F2N5O2S. The summed E-state index contributed by atoms with van der Waals surface area (Å²) in [5.41, 5.74) is 3.37. The van der Waals surface area contributed by atoms with Crippen LogP contribution in [0.1, 0.15) is 65.7 Å². The highest BCUT2D eigenvalue weighted by Gasteiger charge is 2.27. The number of halogens is 2. The van der Waals surface area contributed by atoms with Crippen LogP contribution in [-0.4, -0.2) is 57.1 Å². The molecule has 1 aliphatic heterocycles. The number of alkyl halides is 2. The van der Waals surface area contributed by atoms with Gasteiger partial charge in [0.15, 0.2) is 6.61 Å². The third kappa shape index (κ3) is 6.03. The number of thiazole rings is 1. The fourth-order valence-corrected chi connectivity index (χ4v) is 6.13. The quantitative estimate of drug-likeness (QED) is 0.462. The van der Waals surface area contributed by atoms with Crippen molar-refractivity contribution in [1.82, 2.24) is 24.8 Å². The minimum atomic E-state index is -2.85. The number of amides is 1. The van der Waals surface area contributed by atoms with Crippen LogP contribution < -0.4 is 10.1 Å². The van der Waals surface area contributed by atoms with Crippen LogP contribution in [0.25, 0.3) is 5.52 Å². The van der Waals surface area contributed by atoms with Crippen molar-refractivity contribution in [1.29, 1.82) is 0 Å². The van der Waals surface area contributed by atoms with Gasteiger partial charge in [-0.2, -0.15) is 5.10 Å². The Balaban J connectivity index is 1.06. The third-order valence-corrected chi connectivity index (χ3v) is 8.21. The Labute approximate surface area is 213 Å². The molecular weight excluding hydrogens is 484 g/mol. The molecule has 1 saturated carbocycles. The largest absolute Gasteiger partial charge is 0.464 e. The van der Waals surface area contributed by atoms with Crippen LogP contribution in [0.3, 0.4) is 0 Å². The third-order valence-electron chi connectivity index (χ3n) is 7.14. The van der Waals surface area contributed by atoms with Gasteiger partial charge in [-0.05, 0) is 76.1 Å². The Morgan fingerprint density at radius 2 is 2.11 bits per heavy atom. The molecule has 10 heteroatoms. The first kappa shape index (κ1) is 25.1.